The highest BCUT2D eigenvalue weighted by atomic mass is 32.1. The summed E-state index contributed by atoms with van der Waals surface area (Å²) in [5, 5.41) is 12.7. The smallest absolute Gasteiger partial charge is 0.171 e. The molecule has 3 heterocycles. The molecule has 0 saturated heterocycles. The fraction of sp³-hybridized carbons (Fsp3) is 0.333. The molecule has 0 aliphatic rings. The summed E-state index contributed by atoms with van der Waals surface area (Å²) in [5.74, 6) is 1.65. The first-order valence-electron chi connectivity index (χ1n) is 5.92. The number of aryl methyl sites for hydroxylation is 4. The van der Waals surface area contributed by atoms with Crippen LogP contribution >= 0.6 is 11.5 Å². The van der Waals surface area contributed by atoms with E-state index in [0.29, 0.717) is 0 Å². The van der Waals surface area contributed by atoms with Crippen molar-refractivity contribution in [1.82, 2.24) is 28.9 Å². The van der Waals surface area contributed by atoms with Crippen LogP contribution in [0.4, 0.5) is 0 Å². The van der Waals surface area contributed by atoms with Crippen molar-refractivity contribution in [3.05, 3.63) is 28.8 Å². The molecule has 0 unspecified atom stereocenters. The van der Waals surface area contributed by atoms with Crippen LogP contribution in [0.15, 0.2) is 12.4 Å². The minimum atomic E-state index is 0.803. The Hall–Kier alpha value is -2.02. The predicted octanol–water partition coefficient (Wildman–Crippen LogP) is 2.05. The molecule has 0 atom stereocenters. The maximum Gasteiger partial charge on any atom is 0.171 e. The molecule has 19 heavy (non-hydrogen) atoms. The molecule has 0 aromatic carbocycles. The normalized spacial score (nSPS) is 11.2. The lowest BCUT2D eigenvalue weighted by Crippen LogP contribution is -2.01. The van der Waals surface area contributed by atoms with Gasteiger partial charge in [-0.15, -0.1) is 10.2 Å². The Bertz CT molecular complexity index is 716. The van der Waals surface area contributed by atoms with Gasteiger partial charge in [-0.3, -0.25) is 9.25 Å². The molecule has 0 spiro atoms. The maximum atomic E-state index is 4.40. The van der Waals surface area contributed by atoms with Crippen molar-refractivity contribution in [2.24, 2.45) is 7.05 Å². The van der Waals surface area contributed by atoms with Crippen molar-refractivity contribution in [2.45, 2.75) is 20.8 Å². The predicted molar refractivity (Wildman–Crippen MR) is 73.4 cm³/mol. The molecule has 0 radical (unpaired) electrons. The van der Waals surface area contributed by atoms with Gasteiger partial charge in [-0.25, -0.2) is 0 Å². The number of hydrogen-bond donors (Lipinski definition) is 0. The van der Waals surface area contributed by atoms with Gasteiger partial charge in [0.1, 0.15) is 5.82 Å². The summed E-state index contributed by atoms with van der Waals surface area (Å²) < 4.78 is 8.20. The van der Waals surface area contributed by atoms with Crippen LogP contribution in [-0.2, 0) is 7.05 Å². The van der Waals surface area contributed by atoms with E-state index in [1.54, 1.807) is 10.9 Å². The molecular weight excluding hydrogens is 260 g/mol. The lowest BCUT2D eigenvalue weighted by atomic mass is 10.3. The van der Waals surface area contributed by atoms with Crippen LogP contribution in [0.1, 0.15) is 16.4 Å². The Morgan fingerprint density at radius 3 is 2.53 bits per heavy atom. The molecule has 6 nitrogen and oxygen atoms in total. The highest BCUT2D eigenvalue weighted by Crippen LogP contribution is 2.28. The molecule has 0 N–H and O–H groups in total. The lowest BCUT2D eigenvalue weighted by Gasteiger charge is -2.07. The second kappa shape index (κ2) is 4.27. The minimum Gasteiger partial charge on any atom is -0.276 e. The van der Waals surface area contributed by atoms with Gasteiger partial charge in [0.05, 0.1) is 23.1 Å². The van der Waals surface area contributed by atoms with Gasteiger partial charge < -0.3 is 0 Å². The SMILES string of the molecule is Cc1nsc(C)c1-n1c(C)nnc1-c1cnn(C)c1. The molecule has 0 fully saturated rings. The van der Waals surface area contributed by atoms with E-state index in [2.05, 4.69) is 26.6 Å². The molecule has 7 heteroatoms. The van der Waals surface area contributed by atoms with Crippen LogP contribution in [0.25, 0.3) is 17.1 Å². The van der Waals surface area contributed by atoms with Crippen LogP contribution in [0.3, 0.4) is 0 Å². The Morgan fingerprint density at radius 1 is 1.16 bits per heavy atom. The number of rotatable bonds is 2. The number of nitrogens with zero attached hydrogens (tertiary/aromatic N) is 6. The molecule has 3 rings (SSSR count). The molecule has 0 aliphatic carbocycles. The summed E-state index contributed by atoms with van der Waals surface area (Å²) in [5.41, 5.74) is 3.02. The van der Waals surface area contributed by atoms with Crippen molar-refractivity contribution >= 4 is 11.5 Å². The second-order valence-electron chi connectivity index (χ2n) is 4.48. The largest absolute Gasteiger partial charge is 0.276 e. The molecule has 0 saturated carbocycles. The number of aromatic nitrogens is 6. The fourth-order valence-corrected chi connectivity index (χ4v) is 2.84. The fourth-order valence-electron chi connectivity index (χ4n) is 2.15. The van der Waals surface area contributed by atoms with E-state index in [0.717, 1.165) is 33.5 Å². The summed E-state index contributed by atoms with van der Waals surface area (Å²) >= 11 is 1.50. The lowest BCUT2D eigenvalue weighted by molar-refractivity contribution is 0.768. The first-order valence-corrected chi connectivity index (χ1v) is 6.69. The van der Waals surface area contributed by atoms with Gasteiger partial charge in [-0.05, 0) is 32.3 Å². The van der Waals surface area contributed by atoms with Crippen LogP contribution < -0.4 is 0 Å². The van der Waals surface area contributed by atoms with Crippen LogP contribution in [0.5, 0.6) is 0 Å². The molecule has 0 amide bonds. The van der Waals surface area contributed by atoms with Gasteiger partial charge in [-0.1, -0.05) is 0 Å². The maximum absolute atomic E-state index is 4.40. The van der Waals surface area contributed by atoms with E-state index >= 15 is 0 Å². The second-order valence-corrected chi connectivity index (χ2v) is 5.46. The van der Waals surface area contributed by atoms with Gasteiger partial charge in [0.15, 0.2) is 5.82 Å². The summed E-state index contributed by atoms with van der Waals surface area (Å²) in [6.45, 7) is 6.02. The Balaban J connectivity index is 2.25. The molecule has 0 aliphatic heterocycles. The standard InChI is InChI=1S/C12H14N6S/c1-7-11(8(2)19-16-7)18-9(3)14-15-12(18)10-5-13-17(4)6-10/h5-6H,1-4H3. The zero-order valence-corrected chi connectivity index (χ0v) is 12.1. The van der Waals surface area contributed by atoms with Crippen molar-refractivity contribution < 1.29 is 0 Å². The van der Waals surface area contributed by atoms with E-state index in [1.165, 1.54) is 11.5 Å². The van der Waals surface area contributed by atoms with Crippen LogP contribution in [0.2, 0.25) is 0 Å². The van der Waals surface area contributed by atoms with Crippen molar-refractivity contribution in [3.8, 4) is 17.1 Å². The first kappa shape index (κ1) is 12.0. The highest BCUT2D eigenvalue weighted by molar-refractivity contribution is 7.06. The summed E-state index contributed by atoms with van der Waals surface area (Å²) in [6, 6.07) is 0. The third-order valence-electron chi connectivity index (χ3n) is 3.01. The monoisotopic (exact) mass is 274 g/mol. The van der Waals surface area contributed by atoms with Gasteiger partial charge in [0, 0.05) is 18.1 Å². The zero-order chi connectivity index (χ0) is 13.6. The quantitative estimate of drug-likeness (QED) is 0.717. The van der Waals surface area contributed by atoms with Crippen LogP contribution in [-0.4, -0.2) is 28.9 Å². The van der Waals surface area contributed by atoms with Crippen molar-refractivity contribution in [3.63, 3.8) is 0 Å². The van der Waals surface area contributed by atoms with E-state index < -0.39 is 0 Å². The minimum absolute atomic E-state index is 0.803. The van der Waals surface area contributed by atoms with Crippen molar-refractivity contribution in [2.75, 3.05) is 0 Å². The highest BCUT2D eigenvalue weighted by Gasteiger charge is 2.19. The average Bonchev–Trinajstić information content (AvgIpc) is 3.02. The topological polar surface area (TPSA) is 61.4 Å². The Morgan fingerprint density at radius 2 is 1.95 bits per heavy atom. The molecule has 0 bridgehead atoms. The average molecular weight is 274 g/mol. The zero-order valence-electron chi connectivity index (χ0n) is 11.2. The Kier molecular flexibility index (Phi) is 2.70. The van der Waals surface area contributed by atoms with Crippen LogP contribution in [0, 0.1) is 20.8 Å². The van der Waals surface area contributed by atoms with E-state index in [4.69, 9.17) is 0 Å². The van der Waals surface area contributed by atoms with Gasteiger partial charge in [0.25, 0.3) is 0 Å². The van der Waals surface area contributed by atoms with Gasteiger partial charge in [-0.2, -0.15) is 9.47 Å². The van der Waals surface area contributed by atoms with Gasteiger partial charge >= 0.3 is 0 Å². The summed E-state index contributed by atoms with van der Waals surface area (Å²) in [4.78, 5) is 1.16. The molecule has 3 aromatic rings. The van der Waals surface area contributed by atoms with E-state index in [-0.39, 0.29) is 0 Å². The third kappa shape index (κ3) is 1.86. The van der Waals surface area contributed by atoms with E-state index in [1.807, 2.05) is 31.7 Å². The number of hydrogen-bond acceptors (Lipinski definition) is 5. The molecule has 98 valence electrons. The summed E-state index contributed by atoms with van der Waals surface area (Å²) in [6.07, 6.45) is 3.73. The van der Waals surface area contributed by atoms with Crippen molar-refractivity contribution in [1.29, 1.82) is 0 Å². The Labute approximate surface area is 114 Å². The molecule has 3 aromatic heterocycles. The van der Waals surface area contributed by atoms with Gasteiger partial charge in [0.2, 0.25) is 0 Å². The summed E-state index contributed by atoms with van der Waals surface area (Å²) in [7, 11) is 1.89. The third-order valence-corrected chi connectivity index (χ3v) is 3.84. The van der Waals surface area contributed by atoms with E-state index in [9.17, 15) is 0 Å². The molecular formula is C12H14N6S. The first-order chi connectivity index (χ1) is 9.08.